The highest BCUT2D eigenvalue weighted by Crippen LogP contribution is 1.99. The van der Waals surface area contributed by atoms with Crippen molar-refractivity contribution < 1.29 is 29.6 Å². The molecule has 0 saturated carbocycles. The van der Waals surface area contributed by atoms with E-state index in [9.17, 15) is 9.59 Å². The van der Waals surface area contributed by atoms with Crippen LogP contribution in [-0.4, -0.2) is 52.2 Å². The monoisotopic (exact) mass is 208 g/mol. The summed E-state index contributed by atoms with van der Waals surface area (Å²) in [7, 11) is 0. The molecule has 7 N–H and O–H groups in total. The summed E-state index contributed by atoms with van der Waals surface area (Å²) < 4.78 is 4.14. The predicted octanol–water partition coefficient (Wildman–Crippen LogP) is -2.78. The van der Waals surface area contributed by atoms with Crippen LogP contribution in [0.25, 0.3) is 0 Å². The zero-order valence-electron chi connectivity index (χ0n) is 7.16. The molecule has 8 nitrogen and oxygen atoms in total. The molecule has 0 aliphatic carbocycles. The van der Waals surface area contributed by atoms with Gasteiger partial charge in [0.2, 0.25) is 0 Å². The first-order valence-corrected chi connectivity index (χ1v) is 3.63. The number of hydrogen-bond donors (Lipinski definition) is 5. The fourth-order valence-corrected chi connectivity index (χ4v) is 0.652. The number of hydrogen-bond acceptors (Lipinski definition) is 6. The van der Waals surface area contributed by atoms with Gasteiger partial charge in [0.25, 0.3) is 0 Å². The fourth-order valence-electron chi connectivity index (χ4n) is 0.652. The van der Waals surface area contributed by atoms with Crippen LogP contribution in [0.1, 0.15) is 0 Å². The van der Waals surface area contributed by atoms with E-state index in [1.165, 1.54) is 0 Å². The second-order valence-corrected chi connectivity index (χ2v) is 2.55. The van der Waals surface area contributed by atoms with Gasteiger partial charge in [-0.05, 0) is 0 Å². The number of ether oxygens (including phenoxy) is 1. The van der Waals surface area contributed by atoms with Crippen molar-refractivity contribution in [2.24, 2.45) is 11.5 Å². The van der Waals surface area contributed by atoms with E-state index in [0.717, 1.165) is 0 Å². The fraction of sp³-hybridized carbons (Fsp3) is 0.667. The molecule has 0 aromatic carbocycles. The molecule has 8 heteroatoms. The minimum Gasteiger partial charge on any atom is -0.480 e. The van der Waals surface area contributed by atoms with Crippen molar-refractivity contribution in [2.75, 3.05) is 6.61 Å². The number of aliphatic hydroxyl groups excluding tert-OH is 2. The van der Waals surface area contributed by atoms with Crippen LogP contribution in [0.5, 0.6) is 0 Å². The molecule has 1 amide bonds. The summed E-state index contributed by atoms with van der Waals surface area (Å²) in [6, 6.07) is -1.65. The number of amides is 1. The molecule has 0 aliphatic heterocycles. The van der Waals surface area contributed by atoms with Gasteiger partial charge in [0.1, 0.15) is 24.9 Å². The first-order valence-electron chi connectivity index (χ1n) is 3.63. The lowest BCUT2D eigenvalue weighted by molar-refractivity contribution is -0.144. The van der Waals surface area contributed by atoms with Crippen molar-refractivity contribution in [3.05, 3.63) is 0 Å². The first kappa shape index (κ1) is 12.6. The Morgan fingerprint density at radius 1 is 1.36 bits per heavy atom. The van der Waals surface area contributed by atoms with E-state index >= 15 is 0 Å². The van der Waals surface area contributed by atoms with Crippen molar-refractivity contribution in [1.29, 1.82) is 0 Å². The Kier molecular flexibility index (Phi) is 4.84. The molecular weight excluding hydrogens is 196 g/mol. The van der Waals surface area contributed by atoms with Crippen molar-refractivity contribution in [2.45, 2.75) is 18.2 Å². The maximum absolute atomic E-state index is 10.3. The van der Waals surface area contributed by atoms with Crippen LogP contribution in [0.4, 0.5) is 4.79 Å². The minimum atomic E-state index is -1.73. The van der Waals surface area contributed by atoms with Crippen LogP contribution in [0.3, 0.4) is 0 Å². The van der Waals surface area contributed by atoms with Gasteiger partial charge in [-0.1, -0.05) is 0 Å². The summed E-state index contributed by atoms with van der Waals surface area (Å²) in [5, 5.41) is 26.5. The van der Waals surface area contributed by atoms with E-state index in [2.05, 4.69) is 10.5 Å². The summed E-state index contributed by atoms with van der Waals surface area (Å²) >= 11 is 0. The van der Waals surface area contributed by atoms with Crippen LogP contribution in [0.2, 0.25) is 0 Å². The van der Waals surface area contributed by atoms with E-state index in [0.29, 0.717) is 0 Å². The lowest BCUT2D eigenvalue weighted by Gasteiger charge is -2.20. The molecule has 3 atom stereocenters. The van der Waals surface area contributed by atoms with E-state index in [-0.39, 0.29) is 0 Å². The predicted molar refractivity (Wildman–Crippen MR) is 43.2 cm³/mol. The number of primary amides is 1. The van der Waals surface area contributed by atoms with Gasteiger partial charge >= 0.3 is 12.1 Å². The maximum atomic E-state index is 10.3. The number of aliphatic carboxylic acids is 1. The molecule has 14 heavy (non-hydrogen) atoms. The van der Waals surface area contributed by atoms with E-state index in [4.69, 9.17) is 21.1 Å². The zero-order valence-corrected chi connectivity index (χ0v) is 7.16. The highest BCUT2D eigenvalue weighted by molar-refractivity contribution is 5.74. The Balaban J connectivity index is 4.04. The maximum Gasteiger partial charge on any atom is 0.404 e. The van der Waals surface area contributed by atoms with Gasteiger partial charge in [-0.2, -0.15) is 0 Å². The molecule has 0 bridgehead atoms. The molecule has 82 valence electrons. The average Bonchev–Trinajstić information content (AvgIpc) is 2.11. The summed E-state index contributed by atoms with van der Waals surface area (Å²) in [6.07, 6.45) is -4.46. The first-order chi connectivity index (χ1) is 6.36. The molecule has 0 aromatic rings. The van der Waals surface area contributed by atoms with Crippen LogP contribution in [0, 0.1) is 0 Å². The van der Waals surface area contributed by atoms with Crippen molar-refractivity contribution in [3.8, 4) is 0 Å². The van der Waals surface area contributed by atoms with Crippen LogP contribution in [0.15, 0.2) is 0 Å². The standard InChI is InChI=1S/C6H12N2O6/c7-3(5(11)12)4(10)2(9)1-14-6(8)13/h2-4,9-10H,1,7H2,(H2,8,13)(H,11,12)/t2-,3-,4+/m0/s1. The lowest BCUT2D eigenvalue weighted by Crippen LogP contribution is -2.49. The number of aliphatic hydroxyl groups is 2. The molecule has 0 heterocycles. The van der Waals surface area contributed by atoms with Crippen LogP contribution in [-0.2, 0) is 9.53 Å². The van der Waals surface area contributed by atoms with Gasteiger partial charge in [0.05, 0.1) is 0 Å². The van der Waals surface area contributed by atoms with E-state index < -0.39 is 36.9 Å². The van der Waals surface area contributed by atoms with Crippen molar-refractivity contribution in [1.82, 2.24) is 0 Å². The minimum absolute atomic E-state index is 0.614. The van der Waals surface area contributed by atoms with E-state index in [1.807, 2.05) is 0 Å². The molecule has 0 rings (SSSR count). The Morgan fingerprint density at radius 3 is 2.21 bits per heavy atom. The smallest absolute Gasteiger partial charge is 0.404 e. The largest absolute Gasteiger partial charge is 0.480 e. The van der Waals surface area contributed by atoms with Gasteiger partial charge in [-0.25, -0.2) is 4.79 Å². The highest BCUT2D eigenvalue weighted by atomic mass is 16.6. The quantitative estimate of drug-likeness (QED) is 0.327. The average molecular weight is 208 g/mol. The second kappa shape index (κ2) is 5.37. The van der Waals surface area contributed by atoms with Crippen LogP contribution < -0.4 is 11.5 Å². The molecule has 0 aromatic heterocycles. The number of carboxylic acids is 1. The normalized spacial score (nSPS) is 16.8. The van der Waals surface area contributed by atoms with Gasteiger partial charge in [-0.15, -0.1) is 0 Å². The number of rotatable bonds is 5. The van der Waals surface area contributed by atoms with Crippen molar-refractivity contribution >= 4 is 12.1 Å². The highest BCUT2D eigenvalue weighted by Gasteiger charge is 2.29. The molecule has 0 unspecified atom stereocenters. The van der Waals surface area contributed by atoms with E-state index in [1.54, 1.807) is 0 Å². The third-order valence-electron chi connectivity index (χ3n) is 1.44. The summed E-state index contributed by atoms with van der Waals surface area (Å²) in [5.74, 6) is -1.48. The molecule has 0 fully saturated rings. The van der Waals surface area contributed by atoms with Gasteiger partial charge in [-0.3, -0.25) is 4.79 Å². The van der Waals surface area contributed by atoms with Gasteiger partial charge in [0, 0.05) is 0 Å². The Morgan fingerprint density at radius 2 is 1.86 bits per heavy atom. The molecule has 0 spiro atoms. The Bertz CT molecular complexity index is 220. The Labute approximate surface area is 79.1 Å². The molecular formula is C6H12N2O6. The summed E-state index contributed by atoms with van der Waals surface area (Å²) in [5.41, 5.74) is 9.56. The molecule has 0 radical (unpaired) electrons. The van der Waals surface area contributed by atoms with Gasteiger partial charge < -0.3 is 31.5 Å². The number of carbonyl (C=O) groups excluding carboxylic acids is 1. The topological polar surface area (TPSA) is 156 Å². The third-order valence-corrected chi connectivity index (χ3v) is 1.44. The van der Waals surface area contributed by atoms with Crippen molar-refractivity contribution in [3.63, 3.8) is 0 Å². The Hall–Kier alpha value is -1.38. The van der Waals surface area contributed by atoms with Gasteiger partial charge in [0.15, 0.2) is 0 Å². The number of nitrogens with two attached hydrogens (primary N) is 2. The molecule has 0 saturated heterocycles. The lowest BCUT2D eigenvalue weighted by atomic mass is 10.1. The second-order valence-electron chi connectivity index (χ2n) is 2.55. The van der Waals surface area contributed by atoms with Crippen LogP contribution >= 0.6 is 0 Å². The zero-order chi connectivity index (χ0) is 11.3. The molecule has 0 aliphatic rings. The summed E-state index contributed by atoms with van der Waals surface area (Å²) in [4.78, 5) is 20.3. The summed E-state index contributed by atoms with van der Waals surface area (Å²) in [6.45, 7) is -0.614. The number of carbonyl (C=O) groups is 2. The third kappa shape index (κ3) is 4.03. The number of carboxylic acid groups (broad SMARTS) is 1. The SMILES string of the molecule is NC(=O)OC[C@H](O)[C@@H](O)[C@H](N)C(=O)O.